The predicted molar refractivity (Wildman–Crippen MR) is 61.0 cm³/mol. The van der Waals surface area contributed by atoms with Gasteiger partial charge in [-0.3, -0.25) is 0 Å². The monoisotopic (exact) mass is 221 g/mol. The zero-order valence-corrected chi connectivity index (χ0v) is 9.45. The van der Waals surface area contributed by atoms with E-state index in [2.05, 4.69) is 18.8 Å². The molecule has 15 heavy (non-hydrogen) atoms. The molecule has 0 radical (unpaired) electrons. The van der Waals surface area contributed by atoms with Crippen molar-refractivity contribution in [3.05, 3.63) is 41.2 Å². The Labute approximate surface area is 93.9 Å². The Morgan fingerprint density at radius 1 is 1.27 bits per heavy atom. The first-order valence-corrected chi connectivity index (χ1v) is 5.27. The first-order valence-electron chi connectivity index (χ1n) is 4.89. The summed E-state index contributed by atoms with van der Waals surface area (Å²) in [5.74, 6) is 1.81. The first-order chi connectivity index (χ1) is 7.18. The molecule has 2 nitrogen and oxygen atoms in total. The Morgan fingerprint density at radius 3 is 2.60 bits per heavy atom. The molecule has 2 aromatic rings. The van der Waals surface area contributed by atoms with E-state index >= 15 is 0 Å². The van der Waals surface area contributed by atoms with Gasteiger partial charge in [0.05, 0.1) is 16.8 Å². The summed E-state index contributed by atoms with van der Waals surface area (Å²) < 4.78 is 5.62. The SMILES string of the molecule is CC(C)c1cnc(-c2ccccc2Cl)o1. The molecule has 78 valence electrons. The third-order valence-electron chi connectivity index (χ3n) is 2.20. The summed E-state index contributed by atoms with van der Waals surface area (Å²) in [4.78, 5) is 4.22. The molecule has 0 amide bonds. The van der Waals surface area contributed by atoms with Crippen LogP contribution in [0.2, 0.25) is 5.02 Å². The molecule has 1 heterocycles. The fraction of sp³-hybridized carbons (Fsp3) is 0.250. The van der Waals surface area contributed by atoms with Crippen molar-refractivity contribution in [2.75, 3.05) is 0 Å². The molecule has 0 saturated carbocycles. The number of aromatic nitrogens is 1. The zero-order valence-electron chi connectivity index (χ0n) is 8.70. The van der Waals surface area contributed by atoms with Crippen molar-refractivity contribution in [3.8, 4) is 11.5 Å². The number of hydrogen-bond acceptors (Lipinski definition) is 2. The molecule has 0 saturated heterocycles. The van der Waals surface area contributed by atoms with E-state index in [1.54, 1.807) is 6.20 Å². The van der Waals surface area contributed by atoms with Gasteiger partial charge in [-0.1, -0.05) is 37.6 Å². The maximum atomic E-state index is 6.05. The van der Waals surface area contributed by atoms with Crippen LogP contribution in [0.3, 0.4) is 0 Å². The minimum atomic E-state index is 0.341. The van der Waals surface area contributed by atoms with Crippen LogP contribution in [0.1, 0.15) is 25.5 Å². The van der Waals surface area contributed by atoms with E-state index < -0.39 is 0 Å². The maximum Gasteiger partial charge on any atom is 0.227 e. The normalized spacial score (nSPS) is 10.9. The summed E-state index contributed by atoms with van der Waals surface area (Å²) >= 11 is 6.05. The predicted octanol–water partition coefficient (Wildman–Crippen LogP) is 4.12. The third-order valence-corrected chi connectivity index (χ3v) is 2.53. The van der Waals surface area contributed by atoms with Gasteiger partial charge in [-0.25, -0.2) is 4.98 Å². The zero-order chi connectivity index (χ0) is 10.8. The fourth-order valence-electron chi connectivity index (χ4n) is 1.31. The van der Waals surface area contributed by atoms with Crippen molar-refractivity contribution in [2.24, 2.45) is 0 Å². The van der Waals surface area contributed by atoms with Gasteiger partial charge in [0.15, 0.2) is 0 Å². The maximum absolute atomic E-state index is 6.05. The number of benzene rings is 1. The van der Waals surface area contributed by atoms with Crippen molar-refractivity contribution in [1.29, 1.82) is 0 Å². The van der Waals surface area contributed by atoms with E-state index in [1.165, 1.54) is 0 Å². The van der Waals surface area contributed by atoms with Gasteiger partial charge in [-0.2, -0.15) is 0 Å². The van der Waals surface area contributed by atoms with E-state index in [0.29, 0.717) is 16.8 Å². The third kappa shape index (κ3) is 2.05. The number of halogens is 1. The molecule has 0 unspecified atom stereocenters. The molecule has 0 bridgehead atoms. The summed E-state index contributed by atoms with van der Waals surface area (Å²) in [5, 5.41) is 0.662. The van der Waals surface area contributed by atoms with E-state index in [-0.39, 0.29) is 0 Å². The average molecular weight is 222 g/mol. The molecule has 0 aliphatic carbocycles. The van der Waals surface area contributed by atoms with Crippen molar-refractivity contribution in [2.45, 2.75) is 19.8 Å². The topological polar surface area (TPSA) is 26.0 Å². The lowest BCUT2D eigenvalue weighted by atomic mass is 10.2. The van der Waals surface area contributed by atoms with Gasteiger partial charge in [-0.05, 0) is 12.1 Å². The van der Waals surface area contributed by atoms with E-state index in [1.807, 2.05) is 24.3 Å². The van der Waals surface area contributed by atoms with Crippen LogP contribution in [0.4, 0.5) is 0 Å². The molecule has 0 atom stereocenters. The van der Waals surface area contributed by atoms with Crippen LogP contribution in [0.25, 0.3) is 11.5 Å². The van der Waals surface area contributed by atoms with Gasteiger partial charge in [0.25, 0.3) is 0 Å². The Kier molecular flexibility index (Phi) is 2.78. The van der Waals surface area contributed by atoms with E-state index in [4.69, 9.17) is 16.0 Å². The quantitative estimate of drug-likeness (QED) is 0.763. The van der Waals surface area contributed by atoms with Crippen molar-refractivity contribution >= 4 is 11.6 Å². The number of oxazole rings is 1. The molecule has 0 spiro atoms. The molecule has 1 aromatic heterocycles. The molecule has 3 heteroatoms. The number of rotatable bonds is 2. The highest BCUT2D eigenvalue weighted by molar-refractivity contribution is 6.33. The molecule has 0 N–H and O–H groups in total. The number of nitrogens with zero attached hydrogens (tertiary/aromatic N) is 1. The van der Waals surface area contributed by atoms with Crippen LogP contribution in [-0.2, 0) is 0 Å². The van der Waals surface area contributed by atoms with Gasteiger partial charge in [0, 0.05) is 5.92 Å². The highest BCUT2D eigenvalue weighted by Crippen LogP contribution is 2.28. The Hall–Kier alpha value is -1.28. The molecule has 0 aliphatic heterocycles. The largest absolute Gasteiger partial charge is 0.441 e. The first kappa shape index (κ1) is 10.2. The second kappa shape index (κ2) is 4.07. The standard InChI is InChI=1S/C12H12ClNO/c1-8(2)11-7-14-12(15-11)9-5-3-4-6-10(9)13/h3-8H,1-2H3. The minimum Gasteiger partial charge on any atom is -0.441 e. The summed E-state index contributed by atoms with van der Waals surface area (Å²) in [6.45, 7) is 4.13. The van der Waals surface area contributed by atoms with Crippen LogP contribution >= 0.6 is 11.6 Å². The summed E-state index contributed by atoms with van der Waals surface area (Å²) in [5.41, 5.74) is 0.839. The van der Waals surface area contributed by atoms with Crippen LogP contribution in [-0.4, -0.2) is 4.98 Å². The molecule has 0 aliphatic rings. The average Bonchev–Trinajstić information content (AvgIpc) is 2.67. The fourth-order valence-corrected chi connectivity index (χ4v) is 1.53. The van der Waals surface area contributed by atoms with Crippen molar-refractivity contribution in [3.63, 3.8) is 0 Å². The van der Waals surface area contributed by atoms with E-state index in [0.717, 1.165) is 11.3 Å². The smallest absolute Gasteiger partial charge is 0.227 e. The van der Waals surface area contributed by atoms with Crippen molar-refractivity contribution in [1.82, 2.24) is 4.98 Å². The second-order valence-corrected chi connectivity index (χ2v) is 4.11. The van der Waals surface area contributed by atoms with Crippen LogP contribution in [0, 0.1) is 0 Å². The molecular weight excluding hydrogens is 210 g/mol. The van der Waals surface area contributed by atoms with Crippen molar-refractivity contribution < 1.29 is 4.42 Å². The lowest BCUT2D eigenvalue weighted by Gasteiger charge is -1.99. The second-order valence-electron chi connectivity index (χ2n) is 3.70. The molecular formula is C12H12ClNO. The lowest BCUT2D eigenvalue weighted by Crippen LogP contribution is -1.81. The van der Waals surface area contributed by atoms with Gasteiger partial charge in [0.1, 0.15) is 5.76 Å². The summed E-state index contributed by atoms with van der Waals surface area (Å²) in [6.07, 6.45) is 1.75. The van der Waals surface area contributed by atoms with Gasteiger partial charge >= 0.3 is 0 Å². The molecule has 2 rings (SSSR count). The lowest BCUT2D eigenvalue weighted by molar-refractivity contribution is 0.495. The highest BCUT2D eigenvalue weighted by Gasteiger charge is 2.11. The van der Waals surface area contributed by atoms with Gasteiger partial charge in [0.2, 0.25) is 5.89 Å². The summed E-state index contributed by atoms with van der Waals surface area (Å²) in [6, 6.07) is 7.53. The molecule has 0 fully saturated rings. The van der Waals surface area contributed by atoms with Gasteiger partial charge < -0.3 is 4.42 Å². The van der Waals surface area contributed by atoms with E-state index in [9.17, 15) is 0 Å². The van der Waals surface area contributed by atoms with Gasteiger partial charge in [-0.15, -0.1) is 0 Å². The van der Waals surface area contributed by atoms with Crippen LogP contribution in [0.15, 0.2) is 34.9 Å². The number of hydrogen-bond donors (Lipinski definition) is 0. The molecule has 1 aromatic carbocycles. The Morgan fingerprint density at radius 2 is 2.00 bits per heavy atom. The Bertz CT molecular complexity index is 462. The minimum absolute atomic E-state index is 0.341. The highest BCUT2D eigenvalue weighted by atomic mass is 35.5. The summed E-state index contributed by atoms with van der Waals surface area (Å²) in [7, 11) is 0. The van der Waals surface area contributed by atoms with Crippen LogP contribution < -0.4 is 0 Å². The Balaban J connectivity index is 2.42. The van der Waals surface area contributed by atoms with Crippen LogP contribution in [0.5, 0.6) is 0 Å².